The average molecular weight is 271 g/mol. The summed E-state index contributed by atoms with van der Waals surface area (Å²) in [6.07, 6.45) is 3.70. The van der Waals surface area contributed by atoms with E-state index in [0.717, 1.165) is 5.69 Å². The van der Waals surface area contributed by atoms with Gasteiger partial charge in [0.2, 0.25) is 11.8 Å². The van der Waals surface area contributed by atoms with Crippen molar-refractivity contribution in [2.75, 3.05) is 12.1 Å². The number of hydrogen-bond acceptors (Lipinski definition) is 6. The monoisotopic (exact) mass is 271 g/mol. The summed E-state index contributed by atoms with van der Waals surface area (Å²) < 4.78 is 4.98. The van der Waals surface area contributed by atoms with Gasteiger partial charge in [0, 0.05) is 12.3 Å². The number of aromatic nitrogens is 3. The van der Waals surface area contributed by atoms with E-state index in [9.17, 15) is 4.79 Å². The van der Waals surface area contributed by atoms with E-state index in [1.165, 1.54) is 7.11 Å². The van der Waals surface area contributed by atoms with Gasteiger partial charge in [0.25, 0.3) is 0 Å². The van der Waals surface area contributed by atoms with E-state index in [1.807, 2.05) is 12.1 Å². The van der Waals surface area contributed by atoms with Crippen LogP contribution >= 0.6 is 0 Å². The lowest BCUT2D eigenvalue weighted by Crippen LogP contribution is -2.35. The number of carbonyl (C=O) groups excluding carboxylic acids is 1. The molecule has 2 aromatic heterocycles. The molecule has 3 rings (SSSR count). The maximum absolute atomic E-state index is 11.7. The summed E-state index contributed by atoms with van der Waals surface area (Å²) in [7, 11) is 1.53. The summed E-state index contributed by atoms with van der Waals surface area (Å²) in [6, 6.07) is 7.02. The predicted molar refractivity (Wildman–Crippen MR) is 70.8 cm³/mol. The van der Waals surface area contributed by atoms with Crippen LogP contribution in [0.15, 0.2) is 36.7 Å². The largest absolute Gasteiger partial charge is 0.480 e. The number of nitrogens with one attached hydrogen (secondary N) is 1. The second-order valence-electron chi connectivity index (χ2n) is 4.34. The van der Waals surface area contributed by atoms with Gasteiger partial charge in [-0.15, -0.1) is 10.2 Å². The van der Waals surface area contributed by atoms with E-state index in [0.29, 0.717) is 18.0 Å². The van der Waals surface area contributed by atoms with Gasteiger partial charge in [-0.3, -0.25) is 20.2 Å². The summed E-state index contributed by atoms with van der Waals surface area (Å²) in [5.74, 6) is 0.385. The Morgan fingerprint density at radius 2 is 2.25 bits per heavy atom. The molecule has 0 aliphatic carbocycles. The van der Waals surface area contributed by atoms with Crippen molar-refractivity contribution in [1.29, 1.82) is 0 Å². The van der Waals surface area contributed by atoms with Crippen molar-refractivity contribution < 1.29 is 9.53 Å². The Kier molecular flexibility index (Phi) is 3.16. The normalized spacial score (nSPS) is 17.9. The van der Waals surface area contributed by atoms with Gasteiger partial charge in [0.05, 0.1) is 31.1 Å². The van der Waals surface area contributed by atoms with Gasteiger partial charge in [0.1, 0.15) is 6.04 Å². The molecule has 1 aliphatic heterocycles. The standard InChI is InChI=1S/C13H13N5O2/c1-20-13-5-4-10(15-16-13)11-7-12(19)17-18(11)9-3-2-6-14-8-9/h2-6,8,11H,7H2,1H3,(H,17,19). The average Bonchev–Trinajstić information content (AvgIpc) is 2.90. The molecular formula is C13H13N5O2. The predicted octanol–water partition coefficient (Wildman–Crippen LogP) is 0.863. The van der Waals surface area contributed by atoms with Crippen LogP contribution in [0, 0.1) is 0 Å². The highest BCUT2D eigenvalue weighted by atomic mass is 16.5. The van der Waals surface area contributed by atoms with Crippen molar-refractivity contribution in [3.8, 4) is 5.88 Å². The molecule has 0 radical (unpaired) electrons. The quantitative estimate of drug-likeness (QED) is 0.892. The Morgan fingerprint density at radius 3 is 2.90 bits per heavy atom. The minimum Gasteiger partial charge on any atom is -0.480 e. The molecular weight excluding hydrogens is 258 g/mol. The van der Waals surface area contributed by atoms with Crippen LogP contribution in [0.5, 0.6) is 5.88 Å². The first kappa shape index (κ1) is 12.3. The Balaban J connectivity index is 1.91. The Morgan fingerprint density at radius 1 is 1.35 bits per heavy atom. The number of amides is 1. The first-order valence-electron chi connectivity index (χ1n) is 6.14. The van der Waals surface area contributed by atoms with Crippen LogP contribution in [0.1, 0.15) is 18.2 Å². The minimum atomic E-state index is -0.204. The molecule has 2 aromatic rings. The van der Waals surface area contributed by atoms with E-state index >= 15 is 0 Å². The zero-order valence-electron chi connectivity index (χ0n) is 10.9. The van der Waals surface area contributed by atoms with E-state index in [-0.39, 0.29) is 11.9 Å². The van der Waals surface area contributed by atoms with E-state index < -0.39 is 0 Å². The highest BCUT2D eigenvalue weighted by Gasteiger charge is 2.33. The lowest BCUT2D eigenvalue weighted by molar-refractivity contribution is -0.119. The Bertz CT molecular complexity index is 602. The fraction of sp³-hybridized carbons (Fsp3) is 0.231. The molecule has 102 valence electrons. The number of methoxy groups -OCH3 is 1. The number of pyridine rings is 1. The molecule has 3 heterocycles. The molecule has 1 unspecified atom stereocenters. The summed E-state index contributed by atoms with van der Waals surface area (Å²) in [5.41, 5.74) is 4.31. The van der Waals surface area contributed by atoms with Crippen LogP contribution in [-0.4, -0.2) is 28.2 Å². The zero-order valence-corrected chi connectivity index (χ0v) is 10.9. The molecule has 1 N–H and O–H groups in total. The fourth-order valence-corrected chi connectivity index (χ4v) is 2.12. The molecule has 1 amide bonds. The number of ether oxygens (including phenoxy) is 1. The van der Waals surface area contributed by atoms with Gasteiger partial charge >= 0.3 is 0 Å². The second kappa shape index (κ2) is 5.12. The number of nitrogens with zero attached hydrogens (tertiary/aromatic N) is 4. The maximum Gasteiger partial charge on any atom is 0.241 e. The van der Waals surface area contributed by atoms with Crippen molar-refractivity contribution in [3.63, 3.8) is 0 Å². The van der Waals surface area contributed by atoms with Gasteiger partial charge in [-0.25, -0.2) is 0 Å². The Labute approximate surface area is 115 Å². The van der Waals surface area contributed by atoms with E-state index in [1.54, 1.807) is 29.5 Å². The smallest absolute Gasteiger partial charge is 0.241 e. The number of anilines is 1. The second-order valence-corrected chi connectivity index (χ2v) is 4.34. The fourth-order valence-electron chi connectivity index (χ4n) is 2.12. The summed E-state index contributed by atoms with van der Waals surface area (Å²) in [5, 5.41) is 9.81. The number of rotatable bonds is 3. The first-order valence-corrected chi connectivity index (χ1v) is 6.14. The van der Waals surface area contributed by atoms with Crippen molar-refractivity contribution in [2.45, 2.75) is 12.5 Å². The molecule has 0 spiro atoms. The molecule has 1 aliphatic rings. The molecule has 1 saturated heterocycles. The molecule has 0 saturated carbocycles. The first-order chi connectivity index (χ1) is 9.78. The van der Waals surface area contributed by atoms with Gasteiger partial charge < -0.3 is 4.74 Å². The number of hydrazine groups is 1. The zero-order chi connectivity index (χ0) is 13.9. The third kappa shape index (κ3) is 2.25. The highest BCUT2D eigenvalue weighted by molar-refractivity contribution is 5.82. The van der Waals surface area contributed by atoms with Crippen LogP contribution in [0.2, 0.25) is 0 Å². The van der Waals surface area contributed by atoms with Gasteiger partial charge in [0.15, 0.2) is 0 Å². The SMILES string of the molecule is COc1ccc(C2CC(=O)NN2c2cccnc2)nn1. The molecule has 7 nitrogen and oxygen atoms in total. The highest BCUT2D eigenvalue weighted by Crippen LogP contribution is 2.30. The van der Waals surface area contributed by atoms with Crippen LogP contribution in [0.25, 0.3) is 0 Å². The van der Waals surface area contributed by atoms with Gasteiger partial charge in [-0.1, -0.05) is 0 Å². The van der Waals surface area contributed by atoms with Crippen LogP contribution in [0.4, 0.5) is 5.69 Å². The maximum atomic E-state index is 11.7. The third-order valence-electron chi connectivity index (χ3n) is 3.07. The lowest BCUT2D eigenvalue weighted by atomic mass is 10.1. The van der Waals surface area contributed by atoms with Crippen LogP contribution in [0.3, 0.4) is 0 Å². The third-order valence-corrected chi connectivity index (χ3v) is 3.07. The molecule has 1 atom stereocenters. The van der Waals surface area contributed by atoms with Gasteiger partial charge in [-0.05, 0) is 18.2 Å². The number of hydrogen-bond donors (Lipinski definition) is 1. The minimum absolute atomic E-state index is 0.0588. The van der Waals surface area contributed by atoms with Crippen molar-refractivity contribution in [2.24, 2.45) is 0 Å². The van der Waals surface area contributed by atoms with Crippen LogP contribution in [-0.2, 0) is 4.79 Å². The van der Waals surface area contributed by atoms with Crippen molar-refractivity contribution in [3.05, 3.63) is 42.4 Å². The molecule has 0 bridgehead atoms. The van der Waals surface area contributed by atoms with Crippen LogP contribution < -0.4 is 15.2 Å². The van der Waals surface area contributed by atoms with Crippen molar-refractivity contribution in [1.82, 2.24) is 20.6 Å². The molecule has 1 fully saturated rings. The van der Waals surface area contributed by atoms with E-state index in [4.69, 9.17) is 4.74 Å². The molecule has 0 aromatic carbocycles. The van der Waals surface area contributed by atoms with Gasteiger partial charge in [-0.2, -0.15) is 0 Å². The summed E-state index contributed by atoms with van der Waals surface area (Å²) in [4.78, 5) is 15.7. The molecule has 20 heavy (non-hydrogen) atoms. The van der Waals surface area contributed by atoms with E-state index in [2.05, 4.69) is 20.6 Å². The topological polar surface area (TPSA) is 80.2 Å². The number of carbonyl (C=O) groups is 1. The van der Waals surface area contributed by atoms with Crippen molar-refractivity contribution >= 4 is 11.6 Å². The summed E-state index contributed by atoms with van der Waals surface area (Å²) in [6.45, 7) is 0. The lowest BCUT2D eigenvalue weighted by Gasteiger charge is -2.24. The Hall–Kier alpha value is -2.70. The molecule has 7 heteroatoms. The summed E-state index contributed by atoms with van der Waals surface area (Å²) >= 11 is 0.